The average Bonchev–Trinajstić information content (AvgIpc) is 2.36. The molecule has 1 rings (SSSR count). The number of likely N-dealkylation sites (N-methyl/N-ethyl adjacent to an activating group) is 1. The van der Waals surface area contributed by atoms with Crippen molar-refractivity contribution < 1.29 is 9.59 Å². The Labute approximate surface area is 109 Å². The molecule has 17 heavy (non-hydrogen) atoms. The zero-order valence-electron chi connectivity index (χ0n) is 10.4. The van der Waals surface area contributed by atoms with Crippen molar-refractivity contribution in [1.82, 2.24) is 10.2 Å². The maximum absolute atomic E-state index is 11.8. The summed E-state index contributed by atoms with van der Waals surface area (Å²) in [5.74, 6) is 0.410. The maximum Gasteiger partial charge on any atom is 0.241 e. The molecule has 1 saturated carbocycles. The monoisotopic (exact) mass is 258 g/mol. The van der Waals surface area contributed by atoms with Gasteiger partial charge in [0.1, 0.15) is 0 Å². The van der Waals surface area contributed by atoms with Crippen LogP contribution < -0.4 is 5.32 Å². The van der Waals surface area contributed by atoms with Gasteiger partial charge in [0.25, 0.3) is 0 Å². The van der Waals surface area contributed by atoms with Crippen molar-refractivity contribution in [3.63, 3.8) is 0 Å². The van der Waals surface area contributed by atoms with Gasteiger partial charge < -0.3 is 10.2 Å². The van der Waals surface area contributed by atoms with Crippen LogP contribution >= 0.6 is 12.6 Å². The fourth-order valence-corrected chi connectivity index (χ4v) is 2.36. The van der Waals surface area contributed by atoms with E-state index in [-0.39, 0.29) is 18.4 Å². The molecule has 1 aliphatic rings. The van der Waals surface area contributed by atoms with Gasteiger partial charge in [-0.1, -0.05) is 19.3 Å². The Morgan fingerprint density at radius 1 is 1.29 bits per heavy atom. The third-order valence-electron chi connectivity index (χ3n) is 3.29. The SMILES string of the molecule is CN(C(=O)CNC(=O)CCS)C1CCCCC1. The van der Waals surface area contributed by atoms with E-state index in [0.29, 0.717) is 18.2 Å². The molecule has 0 saturated heterocycles. The van der Waals surface area contributed by atoms with Gasteiger partial charge in [-0.15, -0.1) is 0 Å². The first-order valence-corrected chi connectivity index (χ1v) is 6.91. The summed E-state index contributed by atoms with van der Waals surface area (Å²) in [5, 5.41) is 2.62. The van der Waals surface area contributed by atoms with E-state index in [2.05, 4.69) is 17.9 Å². The van der Waals surface area contributed by atoms with Crippen molar-refractivity contribution in [1.29, 1.82) is 0 Å². The predicted molar refractivity (Wildman–Crippen MR) is 71.1 cm³/mol. The van der Waals surface area contributed by atoms with Crippen LogP contribution in [-0.4, -0.2) is 42.1 Å². The summed E-state index contributed by atoms with van der Waals surface area (Å²) in [5.41, 5.74) is 0. The molecule has 0 aliphatic heterocycles. The first-order chi connectivity index (χ1) is 8.15. The number of carbonyl (C=O) groups is 2. The molecule has 0 unspecified atom stereocenters. The largest absolute Gasteiger partial charge is 0.347 e. The van der Waals surface area contributed by atoms with Crippen molar-refractivity contribution in [2.45, 2.75) is 44.6 Å². The van der Waals surface area contributed by atoms with E-state index in [4.69, 9.17) is 0 Å². The van der Waals surface area contributed by atoms with Crippen LogP contribution in [-0.2, 0) is 9.59 Å². The molecule has 1 aliphatic carbocycles. The van der Waals surface area contributed by atoms with E-state index in [1.807, 2.05) is 7.05 Å². The molecule has 1 N–H and O–H groups in total. The van der Waals surface area contributed by atoms with Crippen LogP contribution in [0, 0.1) is 0 Å². The molecule has 98 valence electrons. The lowest BCUT2D eigenvalue weighted by atomic mass is 9.94. The van der Waals surface area contributed by atoms with Gasteiger partial charge in [0.2, 0.25) is 11.8 Å². The summed E-state index contributed by atoms with van der Waals surface area (Å²) in [6.45, 7) is 0.111. The molecule has 4 nitrogen and oxygen atoms in total. The van der Waals surface area contributed by atoms with Gasteiger partial charge in [0.15, 0.2) is 0 Å². The maximum atomic E-state index is 11.8. The standard InChI is InChI=1S/C12H22N2O2S/c1-14(10-5-3-2-4-6-10)12(16)9-13-11(15)7-8-17/h10,17H,2-9H2,1H3,(H,13,15). The molecule has 0 aromatic heterocycles. The van der Waals surface area contributed by atoms with Gasteiger partial charge in [-0.3, -0.25) is 9.59 Å². The highest BCUT2D eigenvalue weighted by atomic mass is 32.1. The Morgan fingerprint density at radius 2 is 1.94 bits per heavy atom. The van der Waals surface area contributed by atoms with Crippen molar-refractivity contribution in [3.8, 4) is 0 Å². The molecular formula is C12H22N2O2S. The Balaban J connectivity index is 2.28. The van der Waals surface area contributed by atoms with Gasteiger partial charge in [-0.2, -0.15) is 12.6 Å². The van der Waals surface area contributed by atoms with E-state index in [9.17, 15) is 9.59 Å². The third kappa shape index (κ3) is 4.98. The summed E-state index contributed by atoms with van der Waals surface area (Å²) >= 11 is 3.97. The van der Waals surface area contributed by atoms with E-state index in [0.717, 1.165) is 12.8 Å². The van der Waals surface area contributed by atoms with Crippen LogP contribution in [0.5, 0.6) is 0 Å². The molecule has 0 spiro atoms. The van der Waals surface area contributed by atoms with Crippen LogP contribution in [0.1, 0.15) is 38.5 Å². The van der Waals surface area contributed by atoms with Crippen molar-refractivity contribution in [3.05, 3.63) is 0 Å². The second kappa shape index (κ2) is 7.58. The number of amides is 2. The van der Waals surface area contributed by atoms with Crippen LogP contribution in [0.15, 0.2) is 0 Å². The fourth-order valence-electron chi connectivity index (χ4n) is 2.16. The van der Waals surface area contributed by atoms with Crippen molar-refractivity contribution in [2.24, 2.45) is 0 Å². The van der Waals surface area contributed by atoms with E-state index in [1.54, 1.807) is 4.90 Å². The quantitative estimate of drug-likeness (QED) is 0.728. The number of carbonyl (C=O) groups excluding carboxylic acids is 2. The summed E-state index contributed by atoms with van der Waals surface area (Å²) < 4.78 is 0. The Morgan fingerprint density at radius 3 is 2.53 bits per heavy atom. The second-order valence-electron chi connectivity index (χ2n) is 4.55. The molecule has 0 heterocycles. The van der Waals surface area contributed by atoms with E-state index < -0.39 is 0 Å². The van der Waals surface area contributed by atoms with Crippen LogP contribution in [0.3, 0.4) is 0 Å². The molecule has 0 bridgehead atoms. The zero-order valence-corrected chi connectivity index (χ0v) is 11.3. The summed E-state index contributed by atoms with van der Waals surface area (Å²) in [4.78, 5) is 24.9. The minimum atomic E-state index is -0.106. The lowest BCUT2D eigenvalue weighted by molar-refractivity contribution is -0.133. The lowest BCUT2D eigenvalue weighted by Crippen LogP contribution is -2.44. The number of thiol groups is 1. The summed E-state index contributed by atoms with van der Waals surface area (Å²) in [6, 6.07) is 0.359. The molecule has 5 heteroatoms. The van der Waals surface area contributed by atoms with Crippen molar-refractivity contribution >= 4 is 24.4 Å². The van der Waals surface area contributed by atoms with Crippen LogP contribution in [0.4, 0.5) is 0 Å². The number of hydrogen-bond donors (Lipinski definition) is 2. The molecule has 1 fully saturated rings. The average molecular weight is 258 g/mol. The number of hydrogen-bond acceptors (Lipinski definition) is 3. The second-order valence-corrected chi connectivity index (χ2v) is 4.99. The van der Waals surface area contributed by atoms with Crippen molar-refractivity contribution in [2.75, 3.05) is 19.3 Å². The van der Waals surface area contributed by atoms with E-state index in [1.165, 1.54) is 19.3 Å². The topological polar surface area (TPSA) is 49.4 Å². The van der Waals surface area contributed by atoms with Gasteiger partial charge in [0, 0.05) is 19.5 Å². The normalized spacial score (nSPS) is 16.6. The summed E-state index contributed by atoms with van der Waals surface area (Å²) in [7, 11) is 1.84. The van der Waals surface area contributed by atoms with Gasteiger partial charge >= 0.3 is 0 Å². The Bertz CT molecular complexity index is 265. The van der Waals surface area contributed by atoms with Gasteiger partial charge in [-0.25, -0.2) is 0 Å². The molecule has 0 aromatic carbocycles. The Hall–Kier alpha value is -0.710. The Kier molecular flexibility index (Phi) is 6.40. The number of nitrogens with zero attached hydrogens (tertiary/aromatic N) is 1. The van der Waals surface area contributed by atoms with Crippen LogP contribution in [0.2, 0.25) is 0 Å². The highest BCUT2D eigenvalue weighted by molar-refractivity contribution is 7.80. The minimum absolute atomic E-state index is 0.00409. The fraction of sp³-hybridized carbons (Fsp3) is 0.833. The minimum Gasteiger partial charge on any atom is -0.347 e. The molecular weight excluding hydrogens is 236 g/mol. The molecule has 0 radical (unpaired) electrons. The molecule has 0 aromatic rings. The van der Waals surface area contributed by atoms with Gasteiger partial charge in [-0.05, 0) is 18.6 Å². The van der Waals surface area contributed by atoms with Gasteiger partial charge in [0.05, 0.1) is 6.54 Å². The number of rotatable bonds is 5. The highest BCUT2D eigenvalue weighted by Crippen LogP contribution is 2.21. The summed E-state index contributed by atoms with van der Waals surface area (Å²) in [6.07, 6.45) is 6.23. The molecule has 2 amide bonds. The predicted octanol–water partition coefficient (Wildman–Crippen LogP) is 1.21. The first-order valence-electron chi connectivity index (χ1n) is 6.28. The highest BCUT2D eigenvalue weighted by Gasteiger charge is 2.21. The zero-order chi connectivity index (χ0) is 12.7. The number of nitrogens with one attached hydrogen (secondary N) is 1. The third-order valence-corrected chi connectivity index (χ3v) is 3.52. The van der Waals surface area contributed by atoms with E-state index >= 15 is 0 Å². The van der Waals surface area contributed by atoms with Crippen LogP contribution in [0.25, 0.3) is 0 Å². The first kappa shape index (κ1) is 14.4. The molecule has 0 atom stereocenters. The smallest absolute Gasteiger partial charge is 0.241 e. The lowest BCUT2D eigenvalue weighted by Gasteiger charge is -2.31.